The lowest BCUT2D eigenvalue weighted by molar-refractivity contribution is -0.141. The number of amides is 2. The molecule has 2 rings (SSSR count). The predicted octanol–water partition coefficient (Wildman–Crippen LogP) is 6.22. The monoisotopic (exact) mass is 603 g/mol. The smallest absolute Gasteiger partial charge is 0.243 e. The van der Waals surface area contributed by atoms with E-state index in [0.717, 1.165) is 12.7 Å². The summed E-state index contributed by atoms with van der Waals surface area (Å²) in [6.07, 6.45) is 2.49. The van der Waals surface area contributed by atoms with Gasteiger partial charge < -0.3 is 10.2 Å². The molecule has 2 amide bonds. The zero-order valence-corrected chi connectivity index (χ0v) is 25.5. The average molecular weight is 605 g/mol. The van der Waals surface area contributed by atoms with Gasteiger partial charge in [-0.3, -0.25) is 13.9 Å². The Bertz CT molecular complexity index is 1220. The van der Waals surface area contributed by atoms with Crippen molar-refractivity contribution in [3.63, 3.8) is 0 Å². The summed E-state index contributed by atoms with van der Waals surface area (Å²) in [5, 5.41) is 4.20. The highest BCUT2D eigenvalue weighted by Gasteiger charge is 2.30. The summed E-state index contributed by atoms with van der Waals surface area (Å²) in [6.45, 7) is 7.57. The van der Waals surface area contributed by atoms with Crippen molar-refractivity contribution in [2.45, 2.75) is 72.0 Å². The molecule has 0 saturated carbocycles. The number of carbonyl (C=O) groups is 2. The van der Waals surface area contributed by atoms with E-state index in [4.69, 9.17) is 34.8 Å². The van der Waals surface area contributed by atoms with Crippen LogP contribution in [0.25, 0.3) is 0 Å². The molecule has 0 aliphatic rings. The van der Waals surface area contributed by atoms with Crippen LogP contribution in [0.2, 0.25) is 15.1 Å². The first-order chi connectivity index (χ1) is 17.8. The largest absolute Gasteiger partial charge is 0.352 e. The molecule has 7 nitrogen and oxygen atoms in total. The second kappa shape index (κ2) is 14.4. The van der Waals surface area contributed by atoms with Gasteiger partial charge in [0.2, 0.25) is 21.8 Å². The maximum Gasteiger partial charge on any atom is 0.243 e. The molecule has 11 heteroatoms. The van der Waals surface area contributed by atoms with Crippen LogP contribution in [-0.4, -0.2) is 50.0 Å². The molecule has 38 heavy (non-hydrogen) atoms. The summed E-state index contributed by atoms with van der Waals surface area (Å²) < 4.78 is 26.5. The Labute approximate surface area is 241 Å². The van der Waals surface area contributed by atoms with Gasteiger partial charge in [-0.25, -0.2) is 8.42 Å². The highest BCUT2D eigenvalue weighted by Crippen LogP contribution is 2.30. The highest BCUT2D eigenvalue weighted by atomic mass is 35.5. The standard InChI is InChI=1S/C27H36Cl3N3O4S/c1-6-18(3)31-27(35)24(7-2)32(17-20-22(29)12-8-13-23(20)30)26(34)15-10-16-33(38(5,36)37)25-14-9-11-21(28)19(25)4/h8-9,11-14,18,24H,6-7,10,15-17H2,1-5H3,(H,31,35)/t18-,24+/m0/s1. The summed E-state index contributed by atoms with van der Waals surface area (Å²) in [5.74, 6) is -0.561. The van der Waals surface area contributed by atoms with Gasteiger partial charge in [-0.15, -0.1) is 0 Å². The fourth-order valence-electron chi connectivity index (χ4n) is 4.06. The molecule has 0 aliphatic heterocycles. The van der Waals surface area contributed by atoms with E-state index in [1.54, 1.807) is 43.3 Å². The summed E-state index contributed by atoms with van der Waals surface area (Å²) in [6, 6.07) is 9.34. The van der Waals surface area contributed by atoms with Crippen LogP contribution in [0.5, 0.6) is 0 Å². The first-order valence-corrected chi connectivity index (χ1v) is 15.5. The Morgan fingerprint density at radius 3 is 2.11 bits per heavy atom. The van der Waals surface area contributed by atoms with Gasteiger partial charge in [-0.1, -0.05) is 60.8 Å². The quantitative estimate of drug-likeness (QED) is 0.294. The van der Waals surface area contributed by atoms with Crippen molar-refractivity contribution in [2.75, 3.05) is 17.1 Å². The molecule has 2 aromatic rings. The van der Waals surface area contributed by atoms with Crippen LogP contribution in [0.3, 0.4) is 0 Å². The van der Waals surface area contributed by atoms with E-state index in [0.29, 0.717) is 38.3 Å². The Balaban J connectivity index is 2.32. The second-order valence-corrected chi connectivity index (χ2v) is 12.4. The number of rotatable bonds is 13. The molecule has 0 spiro atoms. The first kappa shape index (κ1) is 32.2. The fraction of sp³-hybridized carbons (Fsp3) is 0.481. The van der Waals surface area contributed by atoms with Crippen molar-refractivity contribution in [3.05, 3.63) is 62.6 Å². The minimum absolute atomic E-state index is 0.0147. The lowest BCUT2D eigenvalue weighted by atomic mass is 10.1. The molecule has 1 N–H and O–H groups in total. The third kappa shape index (κ3) is 8.50. The molecule has 210 valence electrons. The number of hydrogen-bond acceptors (Lipinski definition) is 4. The van der Waals surface area contributed by atoms with Gasteiger partial charge in [0.05, 0.1) is 11.9 Å². The van der Waals surface area contributed by atoms with Crippen LogP contribution < -0.4 is 9.62 Å². The molecule has 0 bridgehead atoms. The van der Waals surface area contributed by atoms with Gasteiger partial charge in [0.25, 0.3) is 0 Å². The maximum atomic E-state index is 13.6. The summed E-state index contributed by atoms with van der Waals surface area (Å²) in [7, 11) is -3.64. The Morgan fingerprint density at radius 2 is 1.55 bits per heavy atom. The number of anilines is 1. The predicted molar refractivity (Wildman–Crippen MR) is 157 cm³/mol. The number of benzene rings is 2. The molecule has 2 atom stereocenters. The number of sulfonamides is 1. The Kier molecular flexibility index (Phi) is 12.2. The molecular weight excluding hydrogens is 569 g/mol. The van der Waals surface area contributed by atoms with E-state index in [-0.39, 0.29) is 43.8 Å². The molecule has 0 fully saturated rings. The number of carbonyl (C=O) groups excluding carboxylic acids is 2. The van der Waals surface area contributed by atoms with Crippen molar-refractivity contribution in [1.29, 1.82) is 0 Å². The Hall–Kier alpha value is -2.00. The van der Waals surface area contributed by atoms with Gasteiger partial charge in [0, 0.05) is 46.2 Å². The van der Waals surface area contributed by atoms with Crippen molar-refractivity contribution in [1.82, 2.24) is 10.2 Å². The van der Waals surface area contributed by atoms with E-state index < -0.39 is 16.1 Å². The minimum atomic E-state index is -3.64. The van der Waals surface area contributed by atoms with Crippen LogP contribution in [-0.2, 0) is 26.2 Å². The molecule has 0 radical (unpaired) electrons. The normalized spacial score (nSPS) is 13.1. The fourth-order valence-corrected chi connectivity index (χ4v) is 5.77. The highest BCUT2D eigenvalue weighted by molar-refractivity contribution is 7.92. The molecule has 0 unspecified atom stereocenters. The van der Waals surface area contributed by atoms with Crippen LogP contribution in [0.1, 0.15) is 57.6 Å². The lowest BCUT2D eigenvalue weighted by Crippen LogP contribution is -2.50. The van der Waals surface area contributed by atoms with Crippen molar-refractivity contribution in [2.24, 2.45) is 0 Å². The number of nitrogens with one attached hydrogen (secondary N) is 1. The van der Waals surface area contributed by atoms with E-state index in [1.165, 1.54) is 9.21 Å². The molecule has 0 aromatic heterocycles. The van der Waals surface area contributed by atoms with Crippen LogP contribution in [0.15, 0.2) is 36.4 Å². The third-order valence-corrected chi connectivity index (χ3v) is 8.73. The molecular formula is C27H36Cl3N3O4S. The molecule has 0 saturated heterocycles. The lowest BCUT2D eigenvalue weighted by Gasteiger charge is -2.32. The van der Waals surface area contributed by atoms with Gasteiger partial charge in [-0.05, 0) is 62.9 Å². The summed E-state index contributed by atoms with van der Waals surface area (Å²) >= 11 is 19.0. The minimum Gasteiger partial charge on any atom is -0.352 e. The van der Waals surface area contributed by atoms with Gasteiger partial charge in [-0.2, -0.15) is 0 Å². The van der Waals surface area contributed by atoms with Gasteiger partial charge in [0.1, 0.15) is 6.04 Å². The van der Waals surface area contributed by atoms with Crippen molar-refractivity contribution >= 4 is 62.3 Å². The topological polar surface area (TPSA) is 86.8 Å². The van der Waals surface area contributed by atoms with E-state index in [9.17, 15) is 18.0 Å². The Morgan fingerprint density at radius 1 is 0.974 bits per heavy atom. The SMILES string of the molecule is CC[C@H](C(=O)N[C@@H](C)CC)N(Cc1c(Cl)cccc1Cl)C(=O)CCCN(c1cccc(Cl)c1C)S(C)(=O)=O. The van der Waals surface area contributed by atoms with E-state index in [1.807, 2.05) is 20.8 Å². The van der Waals surface area contributed by atoms with Crippen molar-refractivity contribution in [3.8, 4) is 0 Å². The number of nitrogens with zero attached hydrogens (tertiary/aromatic N) is 2. The maximum absolute atomic E-state index is 13.6. The van der Waals surface area contributed by atoms with Gasteiger partial charge in [0.15, 0.2) is 0 Å². The first-order valence-electron chi connectivity index (χ1n) is 12.6. The molecule has 0 heterocycles. The number of halogens is 3. The number of hydrogen-bond donors (Lipinski definition) is 1. The van der Waals surface area contributed by atoms with Crippen LogP contribution in [0.4, 0.5) is 5.69 Å². The zero-order valence-electron chi connectivity index (χ0n) is 22.4. The van der Waals surface area contributed by atoms with Crippen LogP contribution in [0, 0.1) is 6.92 Å². The van der Waals surface area contributed by atoms with E-state index in [2.05, 4.69) is 5.32 Å². The second-order valence-electron chi connectivity index (χ2n) is 9.29. The molecule has 2 aromatic carbocycles. The third-order valence-electron chi connectivity index (χ3n) is 6.44. The molecule has 0 aliphatic carbocycles. The van der Waals surface area contributed by atoms with Crippen molar-refractivity contribution < 1.29 is 18.0 Å². The average Bonchev–Trinajstić information content (AvgIpc) is 2.84. The summed E-state index contributed by atoms with van der Waals surface area (Å²) in [5.41, 5.74) is 1.64. The van der Waals surface area contributed by atoms with Gasteiger partial charge >= 0.3 is 0 Å². The summed E-state index contributed by atoms with van der Waals surface area (Å²) in [4.78, 5) is 28.2. The van der Waals surface area contributed by atoms with Crippen LogP contribution >= 0.6 is 34.8 Å². The van der Waals surface area contributed by atoms with E-state index >= 15 is 0 Å². The zero-order chi connectivity index (χ0) is 28.6.